The van der Waals surface area contributed by atoms with Crippen LogP contribution in [0.4, 0.5) is 5.69 Å². The Morgan fingerprint density at radius 3 is 2.27 bits per heavy atom. The fourth-order valence-electron chi connectivity index (χ4n) is 4.81. The Labute approximate surface area is 240 Å². The van der Waals surface area contributed by atoms with Gasteiger partial charge in [0.2, 0.25) is 0 Å². The quantitative estimate of drug-likeness (QED) is 0.190. The highest BCUT2D eigenvalue weighted by Crippen LogP contribution is 2.29. The molecule has 0 atom stereocenters. The third-order valence-electron chi connectivity index (χ3n) is 7.00. The first-order chi connectivity index (χ1) is 18.9. The highest BCUT2D eigenvalue weighted by molar-refractivity contribution is 6.02. The van der Waals surface area contributed by atoms with Gasteiger partial charge < -0.3 is 19.5 Å². The van der Waals surface area contributed by atoms with Crippen LogP contribution in [0.2, 0.25) is 0 Å². The lowest BCUT2D eigenvalue weighted by Crippen LogP contribution is -2.45. The second-order valence-corrected chi connectivity index (χ2v) is 12.2. The minimum absolute atomic E-state index is 0.0762. The van der Waals surface area contributed by atoms with E-state index in [-0.39, 0.29) is 17.1 Å². The molecule has 0 fully saturated rings. The molecule has 6 nitrogen and oxygen atoms in total. The molecule has 0 radical (unpaired) electrons. The highest BCUT2D eigenvalue weighted by Gasteiger charge is 2.24. The molecule has 40 heavy (non-hydrogen) atoms. The summed E-state index contributed by atoms with van der Waals surface area (Å²) < 4.78 is 7.84. The lowest BCUT2D eigenvalue weighted by atomic mass is 10.00. The maximum Gasteiger partial charge on any atom is 0.262 e. The first-order valence-corrected chi connectivity index (χ1v) is 14.4. The van der Waals surface area contributed by atoms with Crippen molar-refractivity contribution < 1.29 is 9.53 Å². The van der Waals surface area contributed by atoms with Crippen LogP contribution >= 0.6 is 0 Å². The smallest absolute Gasteiger partial charge is 0.262 e. The summed E-state index contributed by atoms with van der Waals surface area (Å²) >= 11 is 0. The number of amides is 1. The van der Waals surface area contributed by atoms with E-state index in [1.807, 2.05) is 58.4 Å². The van der Waals surface area contributed by atoms with Gasteiger partial charge in [-0.2, -0.15) is 5.26 Å². The number of fused-ring (bicyclic) bond motifs is 1. The molecular weight excluding hydrogens is 496 g/mol. The van der Waals surface area contributed by atoms with Crippen molar-refractivity contribution in [2.75, 3.05) is 24.6 Å². The number of carbonyl (C=O) groups excluding carboxylic acids is 1. The van der Waals surface area contributed by atoms with Crippen LogP contribution in [0.3, 0.4) is 0 Å². The second-order valence-electron chi connectivity index (χ2n) is 12.2. The summed E-state index contributed by atoms with van der Waals surface area (Å²) in [5, 5.41) is 15.2. The third kappa shape index (κ3) is 8.22. The van der Waals surface area contributed by atoms with Crippen molar-refractivity contribution in [2.24, 2.45) is 7.05 Å². The Morgan fingerprint density at radius 2 is 1.65 bits per heavy atom. The van der Waals surface area contributed by atoms with Gasteiger partial charge in [0, 0.05) is 49.4 Å². The van der Waals surface area contributed by atoms with E-state index in [1.165, 1.54) is 16.5 Å². The van der Waals surface area contributed by atoms with Crippen LogP contribution in [-0.4, -0.2) is 41.3 Å². The average Bonchev–Trinajstić information content (AvgIpc) is 3.24. The van der Waals surface area contributed by atoms with Crippen LogP contribution < -0.4 is 10.2 Å². The third-order valence-corrected chi connectivity index (χ3v) is 7.00. The number of nitriles is 1. The largest absolute Gasteiger partial charge is 0.376 e. The molecule has 0 spiro atoms. The zero-order valence-corrected chi connectivity index (χ0v) is 25.6. The fourth-order valence-corrected chi connectivity index (χ4v) is 4.81. The molecule has 6 heteroatoms. The van der Waals surface area contributed by atoms with Crippen LogP contribution in [0, 0.1) is 11.3 Å². The Balaban J connectivity index is 1.80. The molecule has 0 bridgehead atoms. The van der Waals surface area contributed by atoms with Crippen molar-refractivity contribution in [3.05, 3.63) is 59.8 Å². The number of nitrogens with zero attached hydrogens (tertiary/aromatic N) is 3. The molecule has 1 aromatic heterocycles. The number of aromatic nitrogens is 1. The van der Waals surface area contributed by atoms with E-state index in [0.29, 0.717) is 13.0 Å². The van der Waals surface area contributed by atoms with E-state index < -0.39 is 5.54 Å². The van der Waals surface area contributed by atoms with Crippen molar-refractivity contribution in [2.45, 2.75) is 78.9 Å². The van der Waals surface area contributed by atoms with Crippen LogP contribution in [0.1, 0.15) is 73.4 Å². The van der Waals surface area contributed by atoms with Gasteiger partial charge in [-0.05, 0) is 107 Å². The summed E-state index contributed by atoms with van der Waals surface area (Å²) in [6, 6.07) is 19.3. The van der Waals surface area contributed by atoms with Crippen molar-refractivity contribution >= 4 is 28.4 Å². The van der Waals surface area contributed by atoms with Gasteiger partial charge in [0.1, 0.15) is 11.6 Å². The molecule has 1 heterocycles. The minimum atomic E-state index is -0.507. The Morgan fingerprint density at radius 1 is 1.00 bits per heavy atom. The summed E-state index contributed by atoms with van der Waals surface area (Å²) in [6.07, 6.45) is 4.55. The molecule has 214 valence electrons. The number of rotatable bonds is 12. The van der Waals surface area contributed by atoms with Crippen LogP contribution in [0.25, 0.3) is 28.1 Å². The molecule has 0 unspecified atom stereocenters. The maximum absolute atomic E-state index is 13.0. The van der Waals surface area contributed by atoms with E-state index in [4.69, 9.17) is 4.74 Å². The Bertz CT molecular complexity index is 1380. The summed E-state index contributed by atoms with van der Waals surface area (Å²) in [6.45, 7) is 17.0. The van der Waals surface area contributed by atoms with Gasteiger partial charge in [-0.1, -0.05) is 32.0 Å². The molecule has 0 aliphatic heterocycles. The number of hydrogen-bond donors (Lipinski definition) is 1. The number of nitrogens with one attached hydrogen (secondary N) is 1. The standard InChI is InChI=1S/C34H46N4O2/c1-9-18-38(19-10-2)30-14-13-25-21-27(12-11-26(25)22-30)31-16-15-29(37(31)8)23-28(24-35)32(39)36-34(6,7)17-20-40-33(3,4)5/h11-16,21-23H,9-10,17-20H2,1-8H3,(H,36,39). The lowest BCUT2D eigenvalue weighted by Gasteiger charge is -2.28. The van der Waals surface area contributed by atoms with Crippen molar-refractivity contribution in [3.63, 3.8) is 0 Å². The zero-order valence-electron chi connectivity index (χ0n) is 25.6. The monoisotopic (exact) mass is 542 g/mol. The SMILES string of the molecule is CCCN(CCC)c1ccc2cc(-c3ccc(C=C(C#N)C(=O)NC(C)(C)CCOC(C)(C)C)n3C)ccc2c1. The average molecular weight is 543 g/mol. The van der Waals surface area contributed by atoms with Gasteiger partial charge in [-0.3, -0.25) is 4.79 Å². The van der Waals surface area contributed by atoms with Gasteiger partial charge in [-0.25, -0.2) is 0 Å². The van der Waals surface area contributed by atoms with Gasteiger partial charge in [-0.15, -0.1) is 0 Å². The highest BCUT2D eigenvalue weighted by atomic mass is 16.5. The molecule has 1 amide bonds. The minimum Gasteiger partial charge on any atom is -0.376 e. The van der Waals surface area contributed by atoms with Crippen LogP contribution in [0.5, 0.6) is 0 Å². The molecule has 3 aromatic rings. The first-order valence-electron chi connectivity index (χ1n) is 14.4. The lowest BCUT2D eigenvalue weighted by molar-refractivity contribution is -0.118. The number of hydrogen-bond acceptors (Lipinski definition) is 4. The molecule has 2 aromatic carbocycles. The van der Waals surface area contributed by atoms with Gasteiger partial charge in [0.05, 0.1) is 5.60 Å². The summed E-state index contributed by atoms with van der Waals surface area (Å²) in [4.78, 5) is 15.4. The Hall–Kier alpha value is -3.56. The number of anilines is 1. The van der Waals surface area contributed by atoms with E-state index in [1.54, 1.807) is 6.08 Å². The van der Waals surface area contributed by atoms with E-state index in [9.17, 15) is 10.1 Å². The fraction of sp³-hybridized carbons (Fsp3) is 0.471. The molecular formula is C34H46N4O2. The topological polar surface area (TPSA) is 70.3 Å². The molecule has 1 N–H and O–H groups in total. The van der Waals surface area contributed by atoms with Crippen molar-refractivity contribution in [1.29, 1.82) is 5.26 Å². The summed E-state index contributed by atoms with van der Waals surface area (Å²) in [5.41, 5.74) is 3.50. The zero-order chi connectivity index (χ0) is 29.5. The number of ether oxygens (including phenoxy) is 1. The van der Waals surface area contributed by atoms with E-state index in [2.05, 4.69) is 66.5 Å². The Kier molecular flexibility index (Phi) is 10.2. The van der Waals surface area contributed by atoms with Crippen LogP contribution in [-0.2, 0) is 16.6 Å². The molecule has 3 rings (SSSR count). The summed E-state index contributed by atoms with van der Waals surface area (Å²) in [7, 11) is 1.96. The van der Waals surface area contributed by atoms with Crippen molar-refractivity contribution in [1.82, 2.24) is 9.88 Å². The van der Waals surface area contributed by atoms with E-state index in [0.717, 1.165) is 42.9 Å². The van der Waals surface area contributed by atoms with Crippen LogP contribution in [0.15, 0.2) is 54.1 Å². The van der Waals surface area contributed by atoms with Gasteiger partial charge >= 0.3 is 0 Å². The predicted molar refractivity (Wildman–Crippen MR) is 167 cm³/mol. The molecule has 0 aliphatic rings. The van der Waals surface area contributed by atoms with Gasteiger partial charge in [0.25, 0.3) is 5.91 Å². The predicted octanol–water partition coefficient (Wildman–Crippen LogP) is 7.48. The number of benzene rings is 2. The van der Waals surface area contributed by atoms with Crippen molar-refractivity contribution in [3.8, 4) is 17.3 Å². The maximum atomic E-state index is 13.0. The van der Waals surface area contributed by atoms with Gasteiger partial charge in [0.15, 0.2) is 0 Å². The van der Waals surface area contributed by atoms with E-state index >= 15 is 0 Å². The normalized spacial score (nSPS) is 12.4. The molecule has 0 saturated heterocycles. The number of carbonyl (C=O) groups is 1. The first kappa shape index (κ1) is 31.0. The molecule has 0 saturated carbocycles. The molecule has 0 aliphatic carbocycles. The summed E-state index contributed by atoms with van der Waals surface area (Å²) in [5.74, 6) is -0.382. The second kappa shape index (κ2) is 13.2.